The molecule has 1 N–H and O–H groups in total. The third-order valence-corrected chi connectivity index (χ3v) is 4.14. The minimum absolute atomic E-state index is 0.557. The van der Waals surface area contributed by atoms with Crippen LogP contribution in [0.2, 0.25) is 0 Å². The van der Waals surface area contributed by atoms with Crippen LogP contribution in [-0.4, -0.2) is 49.8 Å². The number of hydrogen-bond donors (Lipinski definition) is 1. The highest BCUT2D eigenvalue weighted by Crippen LogP contribution is 2.13. The standard InChI is InChI=1S/C17H28N2O/c1-3-17-13-18-16(12-15-8-6-5-7-9-15)14-19(17)10-11-20-4-2/h5-9,16-18H,3-4,10-14H2,1-2H3. The Hall–Kier alpha value is -0.900. The molecular weight excluding hydrogens is 248 g/mol. The first-order valence-electron chi connectivity index (χ1n) is 7.92. The van der Waals surface area contributed by atoms with E-state index < -0.39 is 0 Å². The molecule has 20 heavy (non-hydrogen) atoms. The summed E-state index contributed by atoms with van der Waals surface area (Å²) in [5.41, 5.74) is 1.42. The van der Waals surface area contributed by atoms with Gasteiger partial charge in [0.05, 0.1) is 6.61 Å². The first kappa shape index (κ1) is 15.5. The van der Waals surface area contributed by atoms with Gasteiger partial charge in [-0.15, -0.1) is 0 Å². The lowest BCUT2D eigenvalue weighted by atomic mass is 10.0. The van der Waals surface area contributed by atoms with Gasteiger partial charge in [0.15, 0.2) is 0 Å². The largest absolute Gasteiger partial charge is 0.380 e. The summed E-state index contributed by atoms with van der Waals surface area (Å²) in [7, 11) is 0. The van der Waals surface area contributed by atoms with Gasteiger partial charge >= 0.3 is 0 Å². The van der Waals surface area contributed by atoms with Crippen LogP contribution in [0.25, 0.3) is 0 Å². The smallest absolute Gasteiger partial charge is 0.0593 e. The summed E-state index contributed by atoms with van der Waals surface area (Å²) >= 11 is 0. The van der Waals surface area contributed by atoms with E-state index in [4.69, 9.17) is 4.74 Å². The van der Waals surface area contributed by atoms with E-state index in [2.05, 4.69) is 54.4 Å². The van der Waals surface area contributed by atoms with Gasteiger partial charge in [-0.05, 0) is 25.3 Å². The molecule has 1 aromatic carbocycles. The van der Waals surface area contributed by atoms with E-state index in [1.54, 1.807) is 0 Å². The first-order valence-corrected chi connectivity index (χ1v) is 7.92. The van der Waals surface area contributed by atoms with Crippen molar-refractivity contribution in [2.45, 2.75) is 38.8 Å². The predicted octanol–water partition coefficient (Wildman–Crippen LogP) is 2.32. The second-order valence-corrected chi connectivity index (χ2v) is 5.55. The van der Waals surface area contributed by atoms with Gasteiger partial charge in [0.25, 0.3) is 0 Å². The van der Waals surface area contributed by atoms with E-state index in [9.17, 15) is 0 Å². The molecule has 1 aliphatic heterocycles. The van der Waals surface area contributed by atoms with Gasteiger partial charge in [-0.2, -0.15) is 0 Å². The molecular formula is C17H28N2O. The van der Waals surface area contributed by atoms with E-state index >= 15 is 0 Å². The zero-order valence-corrected chi connectivity index (χ0v) is 12.8. The van der Waals surface area contributed by atoms with Crippen LogP contribution in [0.3, 0.4) is 0 Å². The van der Waals surface area contributed by atoms with Gasteiger partial charge in [-0.25, -0.2) is 0 Å². The molecule has 1 heterocycles. The zero-order chi connectivity index (χ0) is 14.2. The molecule has 112 valence electrons. The molecule has 2 atom stereocenters. The van der Waals surface area contributed by atoms with Crippen molar-refractivity contribution in [2.75, 3.05) is 32.8 Å². The highest BCUT2D eigenvalue weighted by Gasteiger charge is 2.26. The number of ether oxygens (including phenoxy) is 1. The Morgan fingerprint density at radius 2 is 2.05 bits per heavy atom. The summed E-state index contributed by atoms with van der Waals surface area (Å²) in [4.78, 5) is 2.60. The van der Waals surface area contributed by atoms with Crippen LogP contribution in [0.5, 0.6) is 0 Å². The Morgan fingerprint density at radius 3 is 2.75 bits per heavy atom. The molecule has 3 nitrogen and oxygen atoms in total. The normalized spacial score (nSPS) is 23.9. The molecule has 0 amide bonds. The fraction of sp³-hybridized carbons (Fsp3) is 0.647. The minimum Gasteiger partial charge on any atom is -0.380 e. The second-order valence-electron chi connectivity index (χ2n) is 5.55. The van der Waals surface area contributed by atoms with Gasteiger partial charge in [0, 0.05) is 38.3 Å². The maximum Gasteiger partial charge on any atom is 0.0593 e. The lowest BCUT2D eigenvalue weighted by Gasteiger charge is -2.40. The number of nitrogens with one attached hydrogen (secondary N) is 1. The molecule has 0 aromatic heterocycles. The van der Waals surface area contributed by atoms with E-state index in [1.165, 1.54) is 12.0 Å². The molecule has 0 aliphatic carbocycles. The van der Waals surface area contributed by atoms with E-state index in [-0.39, 0.29) is 0 Å². The highest BCUT2D eigenvalue weighted by molar-refractivity contribution is 5.16. The highest BCUT2D eigenvalue weighted by atomic mass is 16.5. The van der Waals surface area contributed by atoms with Gasteiger partial charge in [-0.3, -0.25) is 4.90 Å². The Kier molecular flexibility index (Phi) is 6.51. The lowest BCUT2D eigenvalue weighted by Crippen LogP contribution is -2.57. The van der Waals surface area contributed by atoms with Crippen molar-refractivity contribution in [2.24, 2.45) is 0 Å². The van der Waals surface area contributed by atoms with Crippen LogP contribution < -0.4 is 5.32 Å². The van der Waals surface area contributed by atoms with Crippen LogP contribution >= 0.6 is 0 Å². The molecule has 1 saturated heterocycles. The summed E-state index contributed by atoms with van der Waals surface area (Å²) in [6.45, 7) is 9.28. The van der Waals surface area contributed by atoms with Crippen molar-refractivity contribution in [1.29, 1.82) is 0 Å². The SMILES string of the molecule is CCOCCN1CC(Cc2ccccc2)NCC1CC. The molecule has 0 spiro atoms. The minimum atomic E-state index is 0.557. The number of hydrogen-bond acceptors (Lipinski definition) is 3. The zero-order valence-electron chi connectivity index (χ0n) is 12.8. The van der Waals surface area contributed by atoms with Crippen LogP contribution in [0, 0.1) is 0 Å². The number of nitrogens with zero attached hydrogens (tertiary/aromatic N) is 1. The summed E-state index contributed by atoms with van der Waals surface area (Å²) in [5, 5.41) is 3.71. The average Bonchev–Trinajstić information content (AvgIpc) is 2.49. The fourth-order valence-electron chi connectivity index (χ4n) is 2.97. The van der Waals surface area contributed by atoms with E-state index in [0.29, 0.717) is 12.1 Å². The van der Waals surface area contributed by atoms with Crippen molar-refractivity contribution < 1.29 is 4.74 Å². The maximum absolute atomic E-state index is 5.52. The summed E-state index contributed by atoms with van der Waals surface area (Å²) in [6, 6.07) is 12.0. The molecule has 2 rings (SSSR count). The number of piperazine rings is 1. The summed E-state index contributed by atoms with van der Waals surface area (Å²) in [5.74, 6) is 0. The topological polar surface area (TPSA) is 24.5 Å². The monoisotopic (exact) mass is 276 g/mol. The van der Waals surface area contributed by atoms with Crippen LogP contribution in [0.15, 0.2) is 30.3 Å². The van der Waals surface area contributed by atoms with Crippen molar-refractivity contribution in [1.82, 2.24) is 10.2 Å². The second kappa shape index (κ2) is 8.40. The Morgan fingerprint density at radius 1 is 1.25 bits per heavy atom. The quantitative estimate of drug-likeness (QED) is 0.774. The van der Waals surface area contributed by atoms with E-state index in [0.717, 1.165) is 39.3 Å². The summed E-state index contributed by atoms with van der Waals surface area (Å²) in [6.07, 6.45) is 2.32. The Labute approximate surface area is 123 Å². The molecule has 1 aliphatic rings. The molecule has 1 aromatic rings. The van der Waals surface area contributed by atoms with Gasteiger partial charge in [0.1, 0.15) is 0 Å². The van der Waals surface area contributed by atoms with Gasteiger partial charge in [-0.1, -0.05) is 37.3 Å². The van der Waals surface area contributed by atoms with Crippen LogP contribution in [-0.2, 0) is 11.2 Å². The van der Waals surface area contributed by atoms with Gasteiger partial charge < -0.3 is 10.1 Å². The van der Waals surface area contributed by atoms with Crippen molar-refractivity contribution in [3.63, 3.8) is 0 Å². The molecule has 2 unspecified atom stereocenters. The van der Waals surface area contributed by atoms with Crippen LogP contribution in [0.4, 0.5) is 0 Å². The fourth-order valence-corrected chi connectivity index (χ4v) is 2.97. The molecule has 0 bridgehead atoms. The predicted molar refractivity (Wildman–Crippen MR) is 84.1 cm³/mol. The first-order chi connectivity index (χ1) is 9.83. The lowest BCUT2D eigenvalue weighted by molar-refractivity contribution is 0.0689. The average molecular weight is 276 g/mol. The van der Waals surface area contributed by atoms with Crippen LogP contribution in [0.1, 0.15) is 25.8 Å². The third-order valence-electron chi connectivity index (χ3n) is 4.14. The van der Waals surface area contributed by atoms with Crippen molar-refractivity contribution >= 4 is 0 Å². The number of rotatable bonds is 7. The van der Waals surface area contributed by atoms with Crippen molar-refractivity contribution in [3.8, 4) is 0 Å². The molecule has 0 radical (unpaired) electrons. The Balaban J connectivity index is 1.86. The third kappa shape index (κ3) is 4.58. The molecule has 3 heteroatoms. The Bertz CT molecular complexity index is 369. The van der Waals surface area contributed by atoms with Crippen molar-refractivity contribution in [3.05, 3.63) is 35.9 Å². The van der Waals surface area contributed by atoms with Gasteiger partial charge in [0.2, 0.25) is 0 Å². The molecule has 0 saturated carbocycles. The molecule has 1 fully saturated rings. The maximum atomic E-state index is 5.52. The summed E-state index contributed by atoms with van der Waals surface area (Å²) < 4.78 is 5.52. The number of benzene rings is 1. The van der Waals surface area contributed by atoms with E-state index in [1.807, 2.05) is 0 Å².